The second-order valence-electron chi connectivity index (χ2n) is 2.93. The maximum absolute atomic E-state index is 5.28. The molecule has 0 unspecified atom stereocenters. The summed E-state index contributed by atoms with van der Waals surface area (Å²) in [6, 6.07) is 0. The van der Waals surface area contributed by atoms with E-state index in [2.05, 4.69) is 34.5 Å². The van der Waals surface area contributed by atoms with Gasteiger partial charge in [0.05, 0.1) is 6.54 Å². The van der Waals surface area contributed by atoms with E-state index in [0.29, 0.717) is 5.96 Å². The van der Waals surface area contributed by atoms with Gasteiger partial charge in [0.1, 0.15) is 0 Å². The molecule has 0 amide bonds. The number of hydrazine groups is 1. The van der Waals surface area contributed by atoms with E-state index >= 15 is 0 Å². The number of hydrogen-bond donors (Lipinski definition) is 3. The highest BCUT2D eigenvalue weighted by molar-refractivity contribution is 5.79. The van der Waals surface area contributed by atoms with Crippen LogP contribution < -0.4 is 16.6 Å². The maximum Gasteiger partial charge on any atom is 0.205 e. The van der Waals surface area contributed by atoms with Crippen LogP contribution in [-0.2, 0) is 0 Å². The lowest BCUT2D eigenvalue weighted by molar-refractivity contribution is 0.313. The van der Waals surface area contributed by atoms with Gasteiger partial charge in [-0.2, -0.15) is 0 Å². The highest BCUT2D eigenvalue weighted by atomic mass is 15.3. The van der Waals surface area contributed by atoms with Gasteiger partial charge in [0.25, 0.3) is 0 Å². The zero-order valence-electron chi connectivity index (χ0n) is 9.51. The molecule has 0 rings (SSSR count). The SMILES string of the molecule is CCNC(=NCCN(CC)CC)NN. The van der Waals surface area contributed by atoms with Crippen LogP contribution in [-0.4, -0.2) is 43.6 Å². The van der Waals surface area contributed by atoms with Gasteiger partial charge in [-0.25, -0.2) is 5.84 Å². The number of nitrogens with zero attached hydrogens (tertiary/aromatic N) is 2. The zero-order chi connectivity index (χ0) is 10.8. The molecule has 0 aromatic heterocycles. The average molecular weight is 201 g/mol. The summed E-state index contributed by atoms with van der Waals surface area (Å²) in [5.74, 6) is 5.95. The van der Waals surface area contributed by atoms with Crippen molar-refractivity contribution in [2.45, 2.75) is 20.8 Å². The van der Waals surface area contributed by atoms with Crippen molar-refractivity contribution in [3.63, 3.8) is 0 Å². The lowest BCUT2D eigenvalue weighted by atomic mass is 10.5. The number of hydrogen-bond acceptors (Lipinski definition) is 3. The van der Waals surface area contributed by atoms with Crippen LogP contribution in [0.1, 0.15) is 20.8 Å². The first-order valence-electron chi connectivity index (χ1n) is 5.25. The van der Waals surface area contributed by atoms with E-state index in [-0.39, 0.29) is 0 Å². The molecular formula is C9H23N5. The molecule has 0 aromatic carbocycles. The third kappa shape index (κ3) is 5.77. The van der Waals surface area contributed by atoms with E-state index in [0.717, 1.165) is 32.7 Å². The Morgan fingerprint density at radius 2 is 1.93 bits per heavy atom. The van der Waals surface area contributed by atoms with Crippen LogP contribution in [0.4, 0.5) is 0 Å². The number of rotatable bonds is 6. The zero-order valence-corrected chi connectivity index (χ0v) is 9.51. The van der Waals surface area contributed by atoms with Crippen molar-refractivity contribution in [1.82, 2.24) is 15.6 Å². The molecule has 0 atom stereocenters. The van der Waals surface area contributed by atoms with Gasteiger partial charge in [0.2, 0.25) is 5.96 Å². The fourth-order valence-electron chi connectivity index (χ4n) is 1.16. The molecule has 0 aliphatic heterocycles. The van der Waals surface area contributed by atoms with Gasteiger partial charge in [0.15, 0.2) is 0 Å². The fourth-order valence-corrected chi connectivity index (χ4v) is 1.16. The smallest absolute Gasteiger partial charge is 0.205 e. The van der Waals surface area contributed by atoms with Crippen LogP contribution in [0.15, 0.2) is 4.99 Å². The molecule has 0 bridgehead atoms. The molecule has 0 saturated carbocycles. The Morgan fingerprint density at radius 3 is 2.36 bits per heavy atom. The Hall–Kier alpha value is -0.810. The number of likely N-dealkylation sites (N-methyl/N-ethyl adjacent to an activating group) is 1. The van der Waals surface area contributed by atoms with E-state index in [1.807, 2.05) is 6.92 Å². The van der Waals surface area contributed by atoms with Crippen molar-refractivity contribution < 1.29 is 0 Å². The summed E-state index contributed by atoms with van der Waals surface area (Å²) in [7, 11) is 0. The Balaban J connectivity index is 3.75. The van der Waals surface area contributed by atoms with Gasteiger partial charge >= 0.3 is 0 Å². The lowest BCUT2D eigenvalue weighted by Gasteiger charge is -2.16. The normalized spacial score (nSPS) is 11.9. The highest BCUT2D eigenvalue weighted by Crippen LogP contribution is 1.86. The fraction of sp³-hybridized carbons (Fsp3) is 0.889. The Bertz CT molecular complexity index is 153. The summed E-state index contributed by atoms with van der Waals surface area (Å²) in [5, 5.41) is 3.04. The van der Waals surface area contributed by atoms with Gasteiger partial charge in [-0.3, -0.25) is 10.4 Å². The van der Waals surface area contributed by atoms with Crippen molar-refractivity contribution in [3.05, 3.63) is 0 Å². The molecular weight excluding hydrogens is 178 g/mol. The van der Waals surface area contributed by atoms with Gasteiger partial charge in [-0.05, 0) is 20.0 Å². The Kier molecular flexibility index (Phi) is 8.27. The molecule has 0 radical (unpaired) electrons. The minimum Gasteiger partial charge on any atom is -0.356 e. The molecule has 84 valence electrons. The quantitative estimate of drug-likeness (QED) is 0.240. The summed E-state index contributed by atoms with van der Waals surface area (Å²) < 4.78 is 0. The van der Waals surface area contributed by atoms with E-state index in [1.165, 1.54) is 0 Å². The molecule has 0 aliphatic carbocycles. The second kappa shape index (κ2) is 8.77. The average Bonchev–Trinajstić information content (AvgIpc) is 2.23. The molecule has 0 fully saturated rings. The largest absolute Gasteiger partial charge is 0.356 e. The topological polar surface area (TPSA) is 65.7 Å². The predicted octanol–water partition coefficient (Wildman–Crippen LogP) is -0.243. The van der Waals surface area contributed by atoms with Crippen molar-refractivity contribution in [1.29, 1.82) is 0 Å². The van der Waals surface area contributed by atoms with Gasteiger partial charge < -0.3 is 10.2 Å². The molecule has 0 spiro atoms. The number of nitrogens with two attached hydrogens (primary N) is 1. The van der Waals surface area contributed by atoms with Crippen LogP contribution in [0, 0.1) is 0 Å². The van der Waals surface area contributed by atoms with Crippen molar-refractivity contribution in [3.8, 4) is 0 Å². The summed E-state index contributed by atoms with van der Waals surface area (Å²) in [6.45, 7) is 11.0. The number of nitrogens with one attached hydrogen (secondary N) is 2. The standard InChI is InChI=1S/C9H23N5/c1-4-11-9(13-10)12-7-8-14(5-2)6-3/h4-8,10H2,1-3H3,(H2,11,12,13). The molecule has 0 heterocycles. The van der Waals surface area contributed by atoms with Crippen molar-refractivity contribution in [2.75, 3.05) is 32.7 Å². The summed E-state index contributed by atoms with van der Waals surface area (Å²) >= 11 is 0. The van der Waals surface area contributed by atoms with E-state index in [9.17, 15) is 0 Å². The second-order valence-corrected chi connectivity index (χ2v) is 2.93. The van der Waals surface area contributed by atoms with E-state index < -0.39 is 0 Å². The molecule has 4 N–H and O–H groups in total. The summed E-state index contributed by atoms with van der Waals surface area (Å²) in [5.41, 5.74) is 2.53. The molecule has 5 nitrogen and oxygen atoms in total. The van der Waals surface area contributed by atoms with Crippen LogP contribution in [0.5, 0.6) is 0 Å². The molecule has 0 saturated heterocycles. The summed E-state index contributed by atoms with van der Waals surface area (Å²) in [4.78, 5) is 6.62. The van der Waals surface area contributed by atoms with Gasteiger partial charge in [-0.15, -0.1) is 0 Å². The summed E-state index contributed by atoms with van der Waals surface area (Å²) in [6.07, 6.45) is 0. The predicted molar refractivity (Wildman–Crippen MR) is 61.1 cm³/mol. The maximum atomic E-state index is 5.28. The van der Waals surface area contributed by atoms with E-state index in [1.54, 1.807) is 0 Å². The van der Waals surface area contributed by atoms with Gasteiger partial charge in [0, 0.05) is 13.1 Å². The first kappa shape index (κ1) is 13.2. The first-order chi connectivity index (χ1) is 6.78. The minimum absolute atomic E-state index is 0.666. The van der Waals surface area contributed by atoms with Crippen LogP contribution in [0.25, 0.3) is 0 Å². The molecule has 0 aromatic rings. The third-order valence-corrected chi connectivity index (χ3v) is 2.06. The third-order valence-electron chi connectivity index (χ3n) is 2.06. The Morgan fingerprint density at radius 1 is 1.29 bits per heavy atom. The highest BCUT2D eigenvalue weighted by Gasteiger charge is 1.97. The molecule has 14 heavy (non-hydrogen) atoms. The number of aliphatic imine (C=N–C) groups is 1. The van der Waals surface area contributed by atoms with E-state index in [4.69, 9.17) is 5.84 Å². The monoisotopic (exact) mass is 201 g/mol. The minimum atomic E-state index is 0.666. The lowest BCUT2D eigenvalue weighted by Crippen LogP contribution is -2.42. The van der Waals surface area contributed by atoms with Gasteiger partial charge in [-0.1, -0.05) is 13.8 Å². The van der Waals surface area contributed by atoms with Crippen LogP contribution in [0.3, 0.4) is 0 Å². The molecule has 0 aliphatic rings. The number of guanidine groups is 1. The van der Waals surface area contributed by atoms with Crippen LogP contribution in [0.2, 0.25) is 0 Å². The Labute approximate surface area is 86.7 Å². The van der Waals surface area contributed by atoms with Crippen molar-refractivity contribution in [2.24, 2.45) is 10.8 Å². The van der Waals surface area contributed by atoms with Crippen LogP contribution >= 0.6 is 0 Å². The van der Waals surface area contributed by atoms with Crippen molar-refractivity contribution >= 4 is 5.96 Å². The first-order valence-corrected chi connectivity index (χ1v) is 5.25. The molecule has 5 heteroatoms.